The third kappa shape index (κ3) is 4.46. The van der Waals surface area contributed by atoms with Crippen LogP contribution in [-0.2, 0) is 9.47 Å². The zero-order chi connectivity index (χ0) is 20.9. The Kier molecular flexibility index (Phi) is 6.29. The molecule has 1 aromatic carbocycles. The first-order valence-corrected chi connectivity index (χ1v) is 9.44. The number of hydrogen-bond acceptors (Lipinski definition) is 8. The lowest BCUT2D eigenvalue weighted by Crippen LogP contribution is -2.30. The molecule has 1 aliphatic heterocycles. The summed E-state index contributed by atoms with van der Waals surface area (Å²) in [6.45, 7) is 0.537. The first kappa shape index (κ1) is 20.4. The third-order valence-electron chi connectivity index (χ3n) is 4.50. The van der Waals surface area contributed by atoms with E-state index in [2.05, 4.69) is 15.0 Å². The van der Waals surface area contributed by atoms with Crippen LogP contribution >= 0.6 is 0 Å². The molecule has 3 aromatic rings. The van der Waals surface area contributed by atoms with E-state index in [0.717, 1.165) is 0 Å². The van der Waals surface area contributed by atoms with E-state index in [1.807, 2.05) is 0 Å². The summed E-state index contributed by atoms with van der Waals surface area (Å²) < 4.78 is 31.8. The number of hydrogen-bond donors (Lipinski definition) is 2. The maximum Gasteiger partial charge on any atom is 0.318 e. The molecule has 30 heavy (non-hydrogen) atoms. The molecule has 4 rings (SSSR count). The average Bonchev–Trinajstić information content (AvgIpc) is 3.24. The lowest BCUT2D eigenvalue weighted by molar-refractivity contribution is -0.213. The summed E-state index contributed by atoms with van der Waals surface area (Å²) in [6, 6.07) is 7.76. The molecule has 10 heteroatoms. The molecular weight excluding hydrogens is 395 g/mol. The Labute approximate surface area is 171 Å². The molecule has 2 aromatic heterocycles. The molecule has 0 atom stereocenters. The van der Waals surface area contributed by atoms with Crippen LogP contribution in [0.2, 0.25) is 0 Å². The Morgan fingerprint density at radius 1 is 1.10 bits per heavy atom. The maximum atomic E-state index is 13.3. The molecular formula is C20H21FN4O5. The zero-order valence-electron chi connectivity index (χ0n) is 16.0. The molecule has 0 saturated carbocycles. The number of imidazole rings is 1. The molecule has 1 aliphatic rings. The average molecular weight is 416 g/mol. The van der Waals surface area contributed by atoms with E-state index in [-0.39, 0.29) is 37.6 Å². The molecule has 9 nitrogen and oxygen atoms in total. The van der Waals surface area contributed by atoms with Crippen molar-refractivity contribution in [2.45, 2.75) is 6.29 Å². The van der Waals surface area contributed by atoms with Crippen molar-refractivity contribution >= 4 is 0 Å². The van der Waals surface area contributed by atoms with Crippen molar-refractivity contribution in [2.24, 2.45) is 5.92 Å². The van der Waals surface area contributed by atoms with Gasteiger partial charge in [-0.2, -0.15) is 4.98 Å². The van der Waals surface area contributed by atoms with E-state index in [4.69, 9.17) is 19.3 Å². The number of aromatic nitrogens is 4. The lowest BCUT2D eigenvalue weighted by atomic mass is 10.2. The number of halogens is 1. The Morgan fingerprint density at radius 2 is 1.87 bits per heavy atom. The summed E-state index contributed by atoms with van der Waals surface area (Å²) in [6.07, 6.45) is 2.51. The van der Waals surface area contributed by atoms with Crippen LogP contribution in [0.1, 0.15) is 12.1 Å². The number of aliphatic hydroxyl groups is 2. The second kappa shape index (κ2) is 9.26. The van der Waals surface area contributed by atoms with Gasteiger partial charge in [0.15, 0.2) is 5.82 Å². The molecule has 0 aliphatic carbocycles. The minimum absolute atomic E-state index is 0.0283. The van der Waals surface area contributed by atoms with E-state index in [1.165, 1.54) is 18.3 Å². The maximum absolute atomic E-state index is 13.3. The fourth-order valence-corrected chi connectivity index (χ4v) is 2.97. The summed E-state index contributed by atoms with van der Waals surface area (Å²) in [5, 5.41) is 18.2. The summed E-state index contributed by atoms with van der Waals surface area (Å²) in [5.41, 5.74) is 1.30. The van der Waals surface area contributed by atoms with E-state index in [0.29, 0.717) is 36.1 Å². The van der Waals surface area contributed by atoms with Crippen LogP contribution in [-0.4, -0.2) is 62.8 Å². The summed E-state index contributed by atoms with van der Waals surface area (Å²) in [7, 11) is 0. The van der Waals surface area contributed by atoms with Gasteiger partial charge in [-0.3, -0.25) is 4.57 Å². The highest BCUT2D eigenvalue weighted by molar-refractivity contribution is 5.59. The summed E-state index contributed by atoms with van der Waals surface area (Å²) >= 11 is 0. The monoisotopic (exact) mass is 416 g/mol. The Bertz CT molecular complexity index is 974. The first-order chi connectivity index (χ1) is 14.7. The first-order valence-electron chi connectivity index (χ1n) is 9.44. The third-order valence-corrected chi connectivity index (χ3v) is 4.50. The minimum atomic E-state index is -0.765. The van der Waals surface area contributed by atoms with Gasteiger partial charge in [0.1, 0.15) is 18.2 Å². The number of nitrogens with zero attached hydrogens (tertiary/aromatic N) is 4. The Morgan fingerprint density at radius 3 is 2.57 bits per heavy atom. The predicted octanol–water partition coefficient (Wildman–Crippen LogP) is 1.49. The largest absolute Gasteiger partial charge is 0.461 e. The van der Waals surface area contributed by atoms with Gasteiger partial charge in [-0.1, -0.05) is 0 Å². The fraction of sp³-hybridized carbons (Fsp3) is 0.350. The summed E-state index contributed by atoms with van der Waals surface area (Å²) in [5.74, 6) is 0.468. The van der Waals surface area contributed by atoms with Gasteiger partial charge >= 0.3 is 6.01 Å². The van der Waals surface area contributed by atoms with Crippen LogP contribution in [0.4, 0.5) is 4.39 Å². The molecule has 3 heterocycles. The van der Waals surface area contributed by atoms with Crippen molar-refractivity contribution in [1.29, 1.82) is 0 Å². The normalized spacial score (nSPS) is 19.0. The quantitative estimate of drug-likeness (QED) is 0.596. The highest BCUT2D eigenvalue weighted by Gasteiger charge is 2.28. The van der Waals surface area contributed by atoms with Crippen LogP contribution in [0.5, 0.6) is 6.01 Å². The van der Waals surface area contributed by atoms with E-state index >= 15 is 0 Å². The van der Waals surface area contributed by atoms with Crippen molar-refractivity contribution in [3.8, 4) is 23.1 Å². The van der Waals surface area contributed by atoms with E-state index < -0.39 is 6.29 Å². The summed E-state index contributed by atoms with van der Waals surface area (Å²) in [4.78, 5) is 13.0. The Balaban J connectivity index is 1.71. The van der Waals surface area contributed by atoms with Gasteiger partial charge in [0.25, 0.3) is 0 Å². The Hall–Kier alpha value is -2.92. The number of rotatable bonds is 7. The zero-order valence-corrected chi connectivity index (χ0v) is 16.0. The van der Waals surface area contributed by atoms with Gasteiger partial charge in [0, 0.05) is 29.9 Å². The van der Waals surface area contributed by atoms with Gasteiger partial charge in [-0.15, -0.1) is 0 Å². The van der Waals surface area contributed by atoms with Crippen molar-refractivity contribution in [3.05, 3.63) is 54.4 Å². The highest BCUT2D eigenvalue weighted by Crippen LogP contribution is 2.29. The fourth-order valence-electron chi connectivity index (χ4n) is 2.97. The molecule has 0 bridgehead atoms. The van der Waals surface area contributed by atoms with Crippen LogP contribution < -0.4 is 4.74 Å². The van der Waals surface area contributed by atoms with Crippen LogP contribution in [0.15, 0.2) is 42.7 Å². The number of benzene rings is 1. The van der Waals surface area contributed by atoms with Gasteiger partial charge < -0.3 is 24.4 Å². The van der Waals surface area contributed by atoms with Crippen LogP contribution in [0.25, 0.3) is 17.1 Å². The van der Waals surface area contributed by atoms with Gasteiger partial charge in [-0.05, 0) is 24.3 Å². The van der Waals surface area contributed by atoms with E-state index in [9.17, 15) is 9.50 Å². The second-order valence-corrected chi connectivity index (χ2v) is 6.68. The second-order valence-electron chi connectivity index (χ2n) is 6.68. The molecule has 0 radical (unpaired) electrons. The predicted molar refractivity (Wildman–Crippen MR) is 102 cm³/mol. The van der Waals surface area contributed by atoms with Gasteiger partial charge in [0.05, 0.1) is 32.1 Å². The van der Waals surface area contributed by atoms with Crippen molar-refractivity contribution in [2.75, 3.05) is 33.0 Å². The van der Waals surface area contributed by atoms with Gasteiger partial charge in [0.2, 0.25) is 6.29 Å². The van der Waals surface area contributed by atoms with Crippen LogP contribution in [0.3, 0.4) is 0 Å². The topological polar surface area (TPSA) is 112 Å². The van der Waals surface area contributed by atoms with Crippen molar-refractivity contribution < 1.29 is 28.8 Å². The van der Waals surface area contributed by atoms with Gasteiger partial charge in [-0.25, -0.2) is 14.4 Å². The van der Waals surface area contributed by atoms with Crippen LogP contribution in [0, 0.1) is 11.7 Å². The SMILES string of the molecule is OCCOc1nccc(-n2cc(-c3ccc(F)cc3)nc2C2OCC(CO)CO2)n1. The van der Waals surface area contributed by atoms with Crippen molar-refractivity contribution in [1.82, 2.24) is 19.5 Å². The lowest BCUT2D eigenvalue weighted by Gasteiger charge is -2.28. The van der Waals surface area contributed by atoms with Crippen molar-refractivity contribution in [3.63, 3.8) is 0 Å². The molecule has 158 valence electrons. The molecule has 0 spiro atoms. The molecule has 0 amide bonds. The standard InChI is InChI=1S/C20H21FN4O5/c21-15-3-1-14(2-4-15)16-9-25(17-5-6-22-20(24-17)28-8-7-26)18(23-16)19-29-11-13(10-27)12-30-19/h1-6,9,13,19,26-27H,7-8,10-12H2. The number of aliphatic hydroxyl groups excluding tert-OH is 2. The van der Waals surface area contributed by atoms with E-state index in [1.54, 1.807) is 29.0 Å². The minimum Gasteiger partial charge on any atom is -0.461 e. The smallest absolute Gasteiger partial charge is 0.318 e. The molecule has 1 fully saturated rings. The number of ether oxygens (including phenoxy) is 3. The molecule has 2 N–H and O–H groups in total. The molecule has 1 saturated heterocycles. The molecule has 0 unspecified atom stereocenters. The highest BCUT2D eigenvalue weighted by atomic mass is 19.1.